The van der Waals surface area contributed by atoms with E-state index >= 15 is 0 Å². The van der Waals surface area contributed by atoms with E-state index < -0.39 is 0 Å². The summed E-state index contributed by atoms with van der Waals surface area (Å²) in [5.74, 6) is 2.36. The maximum Gasteiger partial charge on any atom is 0.298 e. The molecule has 7 heteroatoms. The second kappa shape index (κ2) is 10.7. The number of rotatable bonds is 11. The van der Waals surface area contributed by atoms with Crippen LogP contribution in [0.5, 0.6) is 23.0 Å². The summed E-state index contributed by atoms with van der Waals surface area (Å²) in [7, 11) is 5.19. The molecule has 0 atom stereocenters. The third-order valence-electron chi connectivity index (χ3n) is 5.37. The summed E-state index contributed by atoms with van der Waals surface area (Å²) in [6.07, 6.45) is 5.04. The number of hydrogen-bond acceptors (Lipinski definition) is 7. The van der Waals surface area contributed by atoms with Gasteiger partial charge in [-0.3, -0.25) is 9.78 Å². The van der Waals surface area contributed by atoms with Gasteiger partial charge in [0.25, 0.3) is 6.47 Å². The first-order chi connectivity index (χ1) is 15.6. The molecule has 1 aromatic heterocycles. The van der Waals surface area contributed by atoms with Crippen molar-refractivity contribution in [3.05, 3.63) is 47.8 Å². The number of aromatic nitrogens is 1. The van der Waals surface area contributed by atoms with Gasteiger partial charge < -0.3 is 23.8 Å². The second-order valence-electron chi connectivity index (χ2n) is 7.39. The summed E-state index contributed by atoms with van der Waals surface area (Å²) in [6, 6.07) is 7.92. The second-order valence-corrected chi connectivity index (χ2v) is 7.39. The molecule has 0 aliphatic rings. The van der Waals surface area contributed by atoms with Crippen molar-refractivity contribution in [3.8, 4) is 23.0 Å². The van der Waals surface area contributed by atoms with E-state index in [0.717, 1.165) is 40.6 Å². The first kappa shape index (κ1) is 23.2. The van der Waals surface area contributed by atoms with Crippen LogP contribution in [0.2, 0.25) is 0 Å². The quantitative estimate of drug-likeness (QED) is 0.405. The molecular formula is C25H30N2O5. The fraction of sp³-hybridized carbons (Fsp3) is 0.360. The molecule has 0 saturated carbocycles. The molecule has 0 saturated heterocycles. The molecule has 0 radical (unpaired) electrons. The molecular weight excluding hydrogens is 408 g/mol. The lowest BCUT2D eigenvalue weighted by Gasteiger charge is -2.21. The lowest BCUT2D eigenvalue weighted by molar-refractivity contribution is -0.120. The number of ether oxygens (including phenoxy) is 4. The zero-order chi connectivity index (χ0) is 23.1. The molecule has 1 heterocycles. The van der Waals surface area contributed by atoms with Gasteiger partial charge in [-0.2, -0.15) is 0 Å². The van der Waals surface area contributed by atoms with Gasteiger partial charge in [0.05, 0.1) is 26.5 Å². The molecule has 32 heavy (non-hydrogen) atoms. The fourth-order valence-corrected chi connectivity index (χ4v) is 3.65. The molecule has 0 amide bonds. The van der Waals surface area contributed by atoms with E-state index in [1.54, 1.807) is 20.4 Å². The Morgan fingerprint density at radius 2 is 1.72 bits per heavy atom. The van der Waals surface area contributed by atoms with Crippen LogP contribution in [0.1, 0.15) is 31.4 Å². The van der Waals surface area contributed by atoms with Crippen LogP contribution in [0.3, 0.4) is 0 Å². The Kier molecular flexibility index (Phi) is 7.76. The van der Waals surface area contributed by atoms with Crippen molar-refractivity contribution in [1.82, 2.24) is 4.98 Å². The van der Waals surface area contributed by atoms with Crippen molar-refractivity contribution in [2.45, 2.75) is 26.7 Å². The number of benzene rings is 2. The first-order valence-electron chi connectivity index (χ1n) is 10.7. The van der Waals surface area contributed by atoms with Gasteiger partial charge in [0.1, 0.15) is 0 Å². The lowest BCUT2D eigenvalue weighted by Crippen LogP contribution is -2.17. The molecule has 0 fully saturated rings. The van der Waals surface area contributed by atoms with Gasteiger partial charge in [0.2, 0.25) is 5.75 Å². The molecule has 0 N–H and O–H groups in total. The van der Waals surface area contributed by atoms with E-state index in [1.807, 2.05) is 56.3 Å². The van der Waals surface area contributed by atoms with Gasteiger partial charge in [-0.1, -0.05) is 13.0 Å². The van der Waals surface area contributed by atoms with E-state index in [1.165, 1.54) is 0 Å². The van der Waals surface area contributed by atoms with E-state index in [9.17, 15) is 4.79 Å². The number of anilines is 1. The van der Waals surface area contributed by atoms with Crippen molar-refractivity contribution in [2.24, 2.45) is 0 Å². The highest BCUT2D eigenvalue weighted by molar-refractivity contribution is 5.96. The van der Waals surface area contributed by atoms with Gasteiger partial charge in [-0.05, 0) is 54.5 Å². The normalized spacial score (nSPS) is 10.7. The number of pyridine rings is 1. The Morgan fingerprint density at radius 3 is 2.31 bits per heavy atom. The predicted molar refractivity (Wildman–Crippen MR) is 126 cm³/mol. The molecule has 3 rings (SSSR count). The summed E-state index contributed by atoms with van der Waals surface area (Å²) < 4.78 is 22.4. The summed E-state index contributed by atoms with van der Waals surface area (Å²) in [5.41, 5.74) is 2.83. The fourth-order valence-electron chi connectivity index (χ4n) is 3.65. The molecule has 0 spiro atoms. The SMILES string of the molecule is CCCOc1c(OC)cc(Cc2cncc3c(OC=O)c(N(C)CC)ccc23)cc1OC. The number of carbonyl (C=O) groups is 1. The Labute approximate surface area is 188 Å². The van der Waals surface area contributed by atoms with Crippen LogP contribution in [0, 0.1) is 0 Å². The average Bonchev–Trinajstić information content (AvgIpc) is 2.82. The lowest BCUT2D eigenvalue weighted by atomic mass is 9.99. The Bertz CT molecular complexity index is 1060. The zero-order valence-corrected chi connectivity index (χ0v) is 19.3. The van der Waals surface area contributed by atoms with Crippen LogP contribution < -0.4 is 23.8 Å². The highest BCUT2D eigenvalue weighted by Gasteiger charge is 2.17. The van der Waals surface area contributed by atoms with Crippen molar-refractivity contribution < 1.29 is 23.7 Å². The van der Waals surface area contributed by atoms with Crippen molar-refractivity contribution in [1.29, 1.82) is 0 Å². The summed E-state index contributed by atoms with van der Waals surface area (Å²) >= 11 is 0. The number of carbonyl (C=O) groups excluding carboxylic acids is 1. The van der Waals surface area contributed by atoms with Crippen LogP contribution in [-0.2, 0) is 11.2 Å². The van der Waals surface area contributed by atoms with E-state index in [0.29, 0.717) is 42.5 Å². The van der Waals surface area contributed by atoms with E-state index in [4.69, 9.17) is 18.9 Å². The van der Waals surface area contributed by atoms with E-state index in [-0.39, 0.29) is 0 Å². The van der Waals surface area contributed by atoms with Crippen molar-refractivity contribution >= 4 is 22.9 Å². The summed E-state index contributed by atoms with van der Waals surface area (Å²) in [4.78, 5) is 17.6. The number of fused-ring (bicyclic) bond motifs is 1. The third kappa shape index (κ3) is 4.72. The maximum absolute atomic E-state index is 11.2. The van der Waals surface area contributed by atoms with Crippen LogP contribution in [-0.4, -0.2) is 45.9 Å². The van der Waals surface area contributed by atoms with Crippen LogP contribution in [0.15, 0.2) is 36.7 Å². The standard InChI is InChI=1S/C25H30N2O5/c1-6-10-31-25-22(29-4)12-17(13-23(25)30-5)11-18-14-26-15-20-19(18)8-9-21(27(3)7-2)24(20)32-16-28/h8-9,12-16H,6-7,10-11H2,1-5H3. The summed E-state index contributed by atoms with van der Waals surface area (Å²) in [5, 5.41) is 1.75. The summed E-state index contributed by atoms with van der Waals surface area (Å²) in [6.45, 7) is 5.90. The largest absolute Gasteiger partial charge is 0.493 e. The smallest absolute Gasteiger partial charge is 0.298 e. The Morgan fingerprint density at radius 1 is 1.00 bits per heavy atom. The van der Waals surface area contributed by atoms with Crippen molar-refractivity contribution in [3.63, 3.8) is 0 Å². The Balaban J connectivity index is 2.07. The predicted octanol–water partition coefficient (Wildman–Crippen LogP) is 4.62. The van der Waals surface area contributed by atoms with Gasteiger partial charge in [0, 0.05) is 31.4 Å². The monoisotopic (exact) mass is 438 g/mol. The minimum atomic E-state index is 0.458. The number of hydrogen-bond donors (Lipinski definition) is 0. The average molecular weight is 439 g/mol. The minimum absolute atomic E-state index is 0.458. The van der Waals surface area contributed by atoms with E-state index in [2.05, 4.69) is 4.98 Å². The molecule has 170 valence electrons. The van der Waals surface area contributed by atoms with Crippen LogP contribution >= 0.6 is 0 Å². The molecule has 7 nitrogen and oxygen atoms in total. The van der Waals surface area contributed by atoms with Crippen molar-refractivity contribution in [2.75, 3.05) is 39.3 Å². The highest BCUT2D eigenvalue weighted by Crippen LogP contribution is 2.40. The molecule has 0 aliphatic carbocycles. The number of nitrogens with zero attached hydrogens (tertiary/aromatic N) is 2. The van der Waals surface area contributed by atoms with Gasteiger partial charge >= 0.3 is 0 Å². The zero-order valence-electron chi connectivity index (χ0n) is 19.3. The molecule has 0 unspecified atom stereocenters. The van der Waals surface area contributed by atoms with Gasteiger partial charge in [-0.25, -0.2) is 0 Å². The molecule has 3 aromatic rings. The third-order valence-corrected chi connectivity index (χ3v) is 5.37. The van der Waals surface area contributed by atoms with Crippen LogP contribution in [0.4, 0.5) is 5.69 Å². The molecule has 0 aliphatic heterocycles. The van der Waals surface area contributed by atoms with Gasteiger partial charge in [0.15, 0.2) is 17.2 Å². The molecule has 0 bridgehead atoms. The van der Waals surface area contributed by atoms with Gasteiger partial charge in [-0.15, -0.1) is 0 Å². The number of methoxy groups -OCH3 is 2. The maximum atomic E-state index is 11.2. The minimum Gasteiger partial charge on any atom is -0.493 e. The van der Waals surface area contributed by atoms with Crippen LogP contribution in [0.25, 0.3) is 10.8 Å². The topological polar surface area (TPSA) is 70.1 Å². The first-order valence-corrected chi connectivity index (χ1v) is 10.7. The highest BCUT2D eigenvalue weighted by atomic mass is 16.5. The molecule has 2 aromatic carbocycles. The Hall–Kier alpha value is -3.48.